The van der Waals surface area contributed by atoms with E-state index in [0.29, 0.717) is 35.3 Å². The minimum Gasteiger partial charge on any atom is -0.486 e. The van der Waals surface area contributed by atoms with Gasteiger partial charge in [-0.15, -0.1) is 0 Å². The molecule has 0 spiro atoms. The largest absolute Gasteiger partial charge is 0.486 e. The number of hydrogen-bond acceptors (Lipinski definition) is 5. The quantitative estimate of drug-likeness (QED) is 0.604. The third-order valence-corrected chi connectivity index (χ3v) is 4.07. The molecule has 3 rings (SSSR count). The van der Waals surface area contributed by atoms with Crippen LogP contribution >= 0.6 is 11.6 Å². The lowest BCUT2D eigenvalue weighted by atomic mass is 10.2. The summed E-state index contributed by atoms with van der Waals surface area (Å²) < 4.78 is 29.1. The molecule has 0 aromatic heterocycles. The second kappa shape index (κ2) is 8.75. The summed E-state index contributed by atoms with van der Waals surface area (Å²) in [5.74, 6) is -0.809. The lowest BCUT2D eigenvalue weighted by Gasteiger charge is -2.19. The molecule has 2 aromatic carbocycles. The summed E-state index contributed by atoms with van der Waals surface area (Å²) >= 11 is 6.14. The number of anilines is 1. The average Bonchev–Trinajstić information content (AvgIpc) is 2.66. The van der Waals surface area contributed by atoms with Crippen LogP contribution < -0.4 is 14.8 Å². The summed E-state index contributed by atoms with van der Waals surface area (Å²) in [5, 5.41) is 2.84. The molecule has 6 nitrogen and oxygen atoms in total. The van der Waals surface area contributed by atoms with Gasteiger partial charge in [0, 0.05) is 11.8 Å². The Morgan fingerprint density at radius 3 is 2.82 bits per heavy atom. The number of nitrogens with one attached hydrogen (secondary N) is 1. The fourth-order valence-electron chi connectivity index (χ4n) is 2.47. The molecule has 1 amide bonds. The third-order valence-electron chi connectivity index (χ3n) is 3.79. The van der Waals surface area contributed by atoms with E-state index in [1.54, 1.807) is 12.1 Å². The number of amides is 1. The molecule has 8 heteroatoms. The van der Waals surface area contributed by atoms with Crippen molar-refractivity contribution < 1.29 is 28.2 Å². The molecule has 28 heavy (non-hydrogen) atoms. The summed E-state index contributed by atoms with van der Waals surface area (Å²) in [5.41, 5.74) is 0.887. The van der Waals surface area contributed by atoms with Crippen molar-refractivity contribution in [2.75, 3.05) is 18.5 Å². The molecule has 0 saturated carbocycles. The van der Waals surface area contributed by atoms with Crippen molar-refractivity contribution in [1.82, 2.24) is 0 Å². The maximum absolute atomic E-state index is 13.2. The summed E-state index contributed by atoms with van der Waals surface area (Å²) in [7, 11) is 0. The normalized spacial score (nSPS) is 13.8. The minimum absolute atomic E-state index is 0.273. The summed E-state index contributed by atoms with van der Waals surface area (Å²) in [6.07, 6.45) is 1.60. The Bertz CT molecular complexity index is 931. The van der Waals surface area contributed by atoms with Crippen LogP contribution in [0.5, 0.6) is 11.5 Å². The highest BCUT2D eigenvalue weighted by atomic mass is 35.5. The van der Waals surface area contributed by atoms with Crippen molar-refractivity contribution >= 4 is 35.2 Å². The molecule has 0 aliphatic carbocycles. The van der Waals surface area contributed by atoms with E-state index in [1.165, 1.54) is 37.3 Å². The van der Waals surface area contributed by atoms with Crippen molar-refractivity contribution in [3.8, 4) is 11.5 Å². The number of rotatable bonds is 5. The maximum atomic E-state index is 13.2. The Hall–Kier alpha value is -3.06. The van der Waals surface area contributed by atoms with Crippen molar-refractivity contribution in [3.63, 3.8) is 0 Å². The molecule has 146 valence electrons. The number of esters is 1. The van der Waals surface area contributed by atoms with Gasteiger partial charge in [0.25, 0.3) is 5.91 Å². The number of carbonyl (C=O) groups is 2. The third kappa shape index (κ3) is 5.01. The molecule has 0 radical (unpaired) electrons. The van der Waals surface area contributed by atoms with E-state index in [9.17, 15) is 14.0 Å². The van der Waals surface area contributed by atoms with Gasteiger partial charge in [0.1, 0.15) is 19.0 Å². The Morgan fingerprint density at radius 2 is 2.04 bits per heavy atom. The molecule has 0 saturated heterocycles. The van der Waals surface area contributed by atoms with Gasteiger partial charge in [-0.1, -0.05) is 17.7 Å². The SMILES string of the molecule is C[C@H](OC(=O)/C=C/c1cc(Cl)c2c(c1)OCCO2)C(=O)Nc1cccc(F)c1. The van der Waals surface area contributed by atoms with Crippen LogP contribution in [-0.4, -0.2) is 31.2 Å². The second-order valence-electron chi connectivity index (χ2n) is 5.94. The molecule has 0 unspecified atom stereocenters. The zero-order valence-corrected chi connectivity index (χ0v) is 15.7. The van der Waals surface area contributed by atoms with Gasteiger partial charge in [-0.25, -0.2) is 9.18 Å². The highest BCUT2D eigenvalue weighted by molar-refractivity contribution is 6.32. The summed E-state index contributed by atoms with van der Waals surface area (Å²) in [6, 6.07) is 8.72. The maximum Gasteiger partial charge on any atom is 0.331 e. The van der Waals surface area contributed by atoms with E-state index in [2.05, 4.69) is 5.32 Å². The van der Waals surface area contributed by atoms with Crippen LogP contribution in [0.25, 0.3) is 6.08 Å². The molecule has 1 N–H and O–H groups in total. The molecule has 1 aliphatic heterocycles. The zero-order valence-electron chi connectivity index (χ0n) is 14.9. The fourth-order valence-corrected chi connectivity index (χ4v) is 2.74. The smallest absolute Gasteiger partial charge is 0.331 e. The van der Waals surface area contributed by atoms with Crippen LogP contribution in [0.4, 0.5) is 10.1 Å². The first-order valence-electron chi connectivity index (χ1n) is 8.46. The van der Waals surface area contributed by atoms with Gasteiger partial charge in [-0.3, -0.25) is 4.79 Å². The molecule has 1 atom stereocenters. The highest BCUT2D eigenvalue weighted by Crippen LogP contribution is 2.38. The molecule has 0 bridgehead atoms. The van der Waals surface area contributed by atoms with Gasteiger partial charge in [-0.2, -0.15) is 0 Å². The number of fused-ring (bicyclic) bond motifs is 1. The Balaban J connectivity index is 1.58. The number of hydrogen-bond donors (Lipinski definition) is 1. The summed E-state index contributed by atoms with van der Waals surface area (Å²) in [6.45, 7) is 2.25. The van der Waals surface area contributed by atoms with E-state index in [-0.39, 0.29) is 5.69 Å². The molecule has 1 heterocycles. The van der Waals surface area contributed by atoms with Crippen LogP contribution in [-0.2, 0) is 14.3 Å². The zero-order chi connectivity index (χ0) is 20.1. The van der Waals surface area contributed by atoms with Gasteiger partial charge in [0.05, 0.1) is 5.02 Å². The first-order valence-corrected chi connectivity index (χ1v) is 8.84. The van der Waals surface area contributed by atoms with Crippen LogP contribution in [0.15, 0.2) is 42.5 Å². The van der Waals surface area contributed by atoms with Crippen LogP contribution in [0, 0.1) is 5.82 Å². The number of ether oxygens (including phenoxy) is 3. The molecule has 0 fully saturated rings. The fraction of sp³-hybridized carbons (Fsp3) is 0.200. The van der Waals surface area contributed by atoms with Crippen molar-refractivity contribution in [2.45, 2.75) is 13.0 Å². The van der Waals surface area contributed by atoms with E-state index < -0.39 is 23.8 Å². The molecule has 1 aliphatic rings. The van der Waals surface area contributed by atoms with Gasteiger partial charge >= 0.3 is 5.97 Å². The van der Waals surface area contributed by atoms with Crippen molar-refractivity contribution in [2.24, 2.45) is 0 Å². The van der Waals surface area contributed by atoms with Gasteiger partial charge < -0.3 is 19.5 Å². The van der Waals surface area contributed by atoms with Crippen LogP contribution in [0.2, 0.25) is 5.02 Å². The highest BCUT2D eigenvalue weighted by Gasteiger charge is 2.18. The first-order chi connectivity index (χ1) is 13.4. The van der Waals surface area contributed by atoms with Crippen molar-refractivity contribution in [1.29, 1.82) is 0 Å². The molecule has 2 aromatic rings. The average molecular weight is 406 g/mol. The van der Waals surface area contributed by atoms with E-state index >= 15 is 0 Å². The predicted octanol–water partition coefficient (Wildman–Crippen LogP) is 3.83. The second-order valence-corrected chi connectivity index (χ2v) is 6.35. The van der Waals surface area contributed by atoms with Gasteiger partial charge in [0.15, 0.2) is 17.6 Å². The predicted molar refractivity (Wildman–Crippen MR) is 102 cm³/mol. The number of halogens is 2. The monoisotopic (exact) mass is 405 g/mol. The Labute approximate surface area is 165 Å². The van der Waals surface area contributed by atoms with E-state index in [4.69, 9.17) is 25.8 Å². The minimum atomic E-state index is -1.07. The Kier molecular flexibility index (Phi) is 6.16. The van der Waals surface area contributed by atoms with Gasteiger partial charge in [-0.05, 0) is 48.9 Å². The van der Waals surface area contributed by atoms with E-state index in [1.807, 2.05) is 0 Å². The first kappa shape index (κ1) is 19.7. The topological polar surface area (TPSA) is 73.9 Å². The molecular weight excluding hydrogens is 389 g/mol. The summed E-state index contributed by atoms with van der Waals surface area (Å²) in [4.78, 5) is 24.0. The van der Waals surface area contributed by atoms with Crippen LogP contribution in [0.3, 0.4) is 0 Å². The number of carbonyl (C=O) groups excluding carboxylic acids is 2. The van der Waals surface area contributed by atoms with Crippen molar-refractivity contribution in [3.05, 3.63) is 58.9 Å². The molecular formula is C20H17ClFNO5. The Morgan fingerprint density at radius 1 is 1.25 bits per heavy atom. The van der Waals surface area contributed by atoms with Crippen LogP contribution in [0.1, 0.15) is 12.5 Å². The standard InChI is InChI=1S/C20H17ClFNO5/c1-12(20(25)23-15-4-2-3-14(22)11-15)28-18(24)6-5-13-9-16(21)19-17(10-13)26-7-8-27-19/h2-6,9-12H,7-8H2,1H3,(H,23,25)/b6-5+/t12-/m0/s1. The lowest BCUT2D eigenvalue weighted by Crippen LogP contribution is -2.29. The van der Waals surface area contributed by atoms with E-state index in [0.717, 1.165) is 6.07 Å². The lowest BCUT2D eigenvalue weighted by molar-refractivity contribution is -0.148. The number of benzene rings is 2. The van der Waals surface area contributed by atoms with Gasteiger partial charge in [0.2, 0.25) is 0 Å².